The van der Waals surface area contributed by atoms with E-state index in [1.165, 1.54) is 4.90 Å². The molecule has 1 aromatic heterocycles. The first-order valence-corrected chi connectivity index (χ1v) is 6.35. The third-order valence-electron chi connectivity index (χ3n) is 3.43. The number of carbonyl (C=O) groups excluding carboxylic acids is 1. The SMILES string of the molecule is Cc1ncccc1C(=O)N1CCN(C(=O)O)CC1C(=O)O. The summed E-state index contributed by atoms with van der Waals surface area (Å²) in [5.41, 5.74) is 0.833. The smallest absolute Gasteiger partial charge is 0.407 e. The molecule has 2 rings (SSSR count). The fourth-order valence-corrected chi connectivity index (χ4v) is 2.28. The molecule has 21 heavy (non-hydrogen) atoms. The number of hydrogen-bond donors (Lipinski definition) is 2. The topological polar surface area (TPSA) is 111 Å². The van der Waals surface area contributed by atoms with Gasteiger partial charge in [0.1, 0.15) is 6.04 Å². The van der Waals surface area contributed by atoms with E-state index in [1.54, 1.807) is 25.3 Å². The molecule has 8 heteroatoms. The molecule has 1 saturated heterocycles. The molecule has 1 aliphatic rings. The van der Waals surface area contributed by atoms with E-state index in [1.807, 2.05) is 0 Å². The predicted molar refractivity (Wildman–Crippen MR) is 71.0 cm³/mol. The number of aryl methyl sites for hydroxylation is 1. The predicted octanol–water partition coefficient (Wildman–Crippen LogP) is 0.279. The summed E-state index contributed by atoms with van der Waals surface area (Å²) < 4.78 is 0. The van der Waals surface area contributed by atoms with E-state index in [-0.39, 0.29) is 19.6 Å². The zero-order valence-corrected chi connectivity index (χ0v) is 11.4. The normalized spacial score (nSPS) is 18.4. The van der Waals surface area contributed by atoms with Crippen molar-refractivity contribution < 1.29 is 24.6 Å². The van der Waals surface area contributed by atoms with Crippen LogP contribution < -0.4 is 0 Å². The molecule has 1 aliphatic heterocycles. The summed E-state index contributed by atoms with van der Waals surface area (Å²) in [6, 6.07) is 1.98. The van der Waals surface area contributed by atoms with Gasteiger partial charge < -0.3 is 20.0 Å². The summed E-state index contributed by atoms with van der Waals surface area (Å²) in [5.74, 6) is -1.67. The average Bonchev–Trinajstić information content (AvgIpc) is 2.46. The van der Waals surface area contributed by atoms with Crippen LogP contribution in [0.15, 0.2) is 18.3 Å². The minimum atomic E-state index is -1.23. The first kappa shape index (κ1) is 14.8. The van der Waals surface area contributed by atoms with Gasteiger partial charge in [-0.15, -0.1) is 0 Å². The van der Waals surface area contributed by atoms with Crippen molar-refractivity contribution in [3.05, 3.63) is 29.6 Å². The molecule has 0 aliphatic carbocycles. The summed E-state index contributed by atoms with van der Waals surface area (Å²) in [6.45, 7) is 1.55. The maximum absolute atomic E-state index is 12.5. The van der Waals surface area contributed by atoms with Gasteiger partial charge in [-0.05, 0) is 19.1 Å². The van der Waals surface area contributed by atoms with Crippen LogP contribution >= 0.6 is 0 Å². The Hall–Kier alpha value is -2.64. The number of piperazine rings is 1. The van der Waals surface area contributed by atoms with Crippen molar-refractivity contribution in [2.45, 2.75) is 13.0 Å². The molecular formula is C13H15N3O5. The van der Waals surface area contributed by atoms with Crippen LogP contribution in [0.3, 0.4) is 0 Å². The molecule has 1 aromatic rings. The molecule has 1 unspecified atom stereocenters. The molecule has 2 heterocycles. The molecule has 0 bridgehead atoms. The molecule has 0 saturated carbocycles. The van der Waals surface area contributed by atoms with Crippen LogP contribution in [0.1, 0.15) is 16.1 Å². The van der Waals surface area contributed by atoms with Crippen molar-refractivity contribution in [3.8, 4) is 0 Å². The Morgan fingerprint density at radius 1 is 1.29 bits per heavy atom. The number of amides is 2. The molecule has 0 aromatic carbocycles. The molecule has 8 nitrogen and oxygen atoms in total. The zero-order valence-electron chi connectivity index (χ0n) is 11.4. The Bertz CT molecular complexity index is 589. The van der Waals surface area contributed by atoms with E-state index in [0.717, 1.165) is 4.90 Å². The number of carboxylic acids is 1. The molecule has 2 amide bonds. The fraction of sp³-hybridized carbons (Fsp3) is 0.385. The van der Waals surface area contributed by atoms with Crippen LogP contribution in [-0.2, 0) is 4.79 Å². The lowest BCUT2D eigenvalue weighted by molar-refractivity contribution is -0.144. The van der Waals surface area contributed by atoms with Gasteiger partial charge in [-0.25, -0.2) is 9.59 Å². The Labute approximate surface area is 120 Å². The van der Waals surface area contributed by atoms with Crippen molar-refractivity contribution in [1.82, 2.24) is 14.8 Å². The van der Waals surface area contributed by atoms with Crippen molar-refractivity contribution >= 4 is 18.0 Å². The first-order valence-electron chi connectivity index (χ1n) is 6.35. The highest BCUT2D eigenvalue weighted by molar-refractivity contribution is 5.97. The molecule has 1 atom stereocenters. The van der Waals surface area contributed by atoms with E-state index in [2.05, 4.69) is 4.98 Å². The van der Waals surface area contributed by atoms with Crippen LogP contribution in [0.4, 0.5) is 4.79 Å². The molecule has 2 N–H and O–H groups in total. The molecule has 0 spiro atoms. The maximum Gasteiger partial charge on any atom is 0.407 e. The number of rotatable bonds is 2. The Morgan fingerprint density at radius 3 is 2.57 bits per heavy atom. The number of nitrogens with zero attached hydrogens (tertiary/aromatic N) is 3. The number of pyridine rings is 1. The molecule has 0 radical (unpaired) electrons. The summed E-state index contributed by atoms with van der Waals surface area (Å²) >= 11 is 0. The quantitative estimate of drug-likeness (QED) is 0.810. The minimum absolute atomic E-state index is 0.0381. The number of carboxylic acid groups (broad SMARTS) is 2. The summed E-state index contributed by atoms with van der Waals surface area (Å²) in [5, 5.41) is 18.2. The lowest BCUT2D eigenvalue weighted by atomic mass is 10.1. The van der Waals surface area contributed by atoms with Crippen molar-refractivity contribution in [2.24, 2.45) is 0 Å². The van der Waals surface area contributed by atoms with Crippen LogP contribution in [0, 0.1) is 6.92 Å². The Balaban J connectivity index is 2.26. The van der Waals surface area contributed by atoms with Crippen LogP contribution in [0.25, 0.3) is 0 Å². The van der Waals surface area contributed by atoms with Gasteiger partial charge in [0.2, 0.25) is 0 Å². The second kappa shape index (κ2) is 5.78. The average molecular weight is 293 g/mol. The van der Waals surface area contributed by atoms with Crippen molar-refractivity contribution in [2.75, 3.05) is 19.6 Å². The van der Waals surface area contributed by atoms with E-state index >= 15 is 0 Å². The van der Waals surface area contributed by atoms with Crippen molar-refractivity contribution in [1.29, 1.82) is 0 Å². The van der Waals surface area contributed by atoms with Gasteiger partial charge in [-0.2, -0.15) is 0 Å². The number of aromatic nitrogens is 1. The van der Waals surface area contributed by atoms with Gasteiger partial charge in [0.05, 0.1) is 12.1 Å². The second-order valence-electron chi connectivity index (χ2n) is 4.72. The van der Waals surface area contributed by atoms with Crippen LogP contribution in [0.2, 0.25) is 0 Å². The standard InChI is InChI=1S/C13H15N3O5/c1-8-9(3-2-4-14-8)11(17)16-6-5-15(13(20)21)7-10(16)12(18)19/h2-4,10H,5-7H2,1H3,(H,18,19)(H,20,21). The Morgan fingerprint density at radius 2 is 2.00 bits per heavy atom. The lowest BCUT2D eigenvalue weighted by Crippen LogP contribution is -2.59. The fourth-order valence-electron chi connectivity index (χ4n) is 2.28. The van der Waals surface area contributed by atoms with E-state index in [0.29, 0.717) is 11.3 Å². The number of aliphatic carboxylic acids is 1. The highest BCUT2D eigenvalue weighted by Gasteiger charge is 2.37. The minimum Gasteiger partial charge on any atom is -0.480 e. The van der Waals surface area contributed by atoms with Crippen LogP contribution in [-0.4, -0.2) is 68.6 Å². The molecular weight excluding hydrogens is 278 g/mol. The van der Waals surface area contributed by atoms with E-state index in [4.69, 9.17) is 5.11 Å². The highest BCUT2D eigenvalue weighted by Crippen LogP contribution is 2.16. The first-order chi connectivity index (χ1) is 9.91. The largest absolute Gasteiger partial charge is 0.480 e. The number of hydrogen-bond acceptors (Lipinski definition) is 4. The van der Waals surface area contributed by atoms with Gasteiger partial charge in [0, 0.05) is 25.0 Å². The summed E-state index contributed by atoms with van der Waals surface area (Å²) in [4.78, 5) is 40.9. The highest BCUT2D eigenvalue weighted by atomic mass is 16.4. The summed E-state index contributed by atoms with van der Waals surface area (Å²) in [7, 11) is 0. The lowest BCUT2D eigenvalue weighted by Gasteiger charge is -2.38. The van der Waals surface area contributed by atoms with E-state index in [9.17, 15) is 19.5 Å². The zero-order chi connectivity index (χ0) is 15.6. The van der Waals surface area contributed by atoms with Crippen LogP contribution in [0.5, 0.6) is 0 Å². The van der Waals surface area contributed by atoms with Gasteiger partial charge >= 0.3 is 12.1 Å². The maximum atomic E-state index is 12.5. The number of carbonyl (C=O) groups is 3. The molecule has 112 valence electrons. The van der Waals surface area contributed by atoms with Gasteiger partial charge in [0.25, 0.3) is 5.91 Å². The monoisotopic (exact) mass is 293 g/mol. The molecule has 1 fully saturated rings. The van der Waals surface area contributed by atoms with E-state index < -0.39 is 24.0 Å². The Kier molecular flexibility index (Phi) is 4.06. The van der Waals surface area contributed by atoms with Gasteiger partial charge in [0.15, 0.2) is 0 Å². The summed E-state index contributed by atoms with van der Waals surface area (Å²) in [6.07, 6.45) is 0.356. The van der Waals surface area contributed by atoms with Gasteiger partial charge in [-0.1, -0.05) is 0 Å². The third kappa shape index (κ3) is 2.93. The van der Waals surface area contributed by atoms with Gasteiger partial charge in [-0.3, -0.25) is 9.78 Å². The third-order valence-corrected chi connectivity index (χ3v) is 3.43. The second-order valence-corrected chi connectivity index (χ2v) is 4.72. The van der Waals surface area contributed by atoms with Crippen molar-refractivity contribution in [3.63, 3.8) is 0 Å².